The van der Waals surface area contributed by atoms with Crippen LogP contribution in [0.4, 0.5) is 10.5 Å². The highest BCUT2D eigenvalue weighted by Gasteiger charge is 2.27. The summed E-state index contributed by atoms with van der Waals surface area (Å²) in [6.45, 7) is 5.60. The van der Waals surface area contributed by atoms with Gasteiger partial charge in [-0.25, -0.2) is 4.79 Å². The molecule has 1 aliphatic carbocycles. The third-order valence-electron chi connectivity index (χ3n) is 3.55. The number of alkyl carbamates (subject to hydrolysis) is 1. The van der Waals surface area contributed by atoms with E-state index in [9.17, 15) is 4.79 Å². The average Bonchev–Trinajstić information content (AvgIpc) is 2.83. The van der Waals surface area contributed by atoms with Gasteiger partial charge in [-0.05, 0) is 58.2 Å². The van der Waals surface area contributed by atoms with Crippen LogP contribution in [0, 0.1) is 12.3 Å². The van der Waals surface area contributed by atoms with Crippen molar-refractivity contribution in [1.82, 2.24) is 5.32 Å². The van der Waals surface area contributed by atoms with Gasteiger partial charge in [0.1, 0.15) is 5.60 Å². The molecule has 4 nitrogen and oxygen atoms in total. The Labute approximate surface area is 132 Å². The summed E-state index contributed by atoms with van der Waals surface area (Å²) in [5, 5.41) is 6.42. The predicted molar refractivity (Wildman–Crippen MR) is 88.8 cm³/mol. The maximum Gasteiger partial charge on any atom is 0.407 e. The van der Waals surface area contributed by atoms with Crippen molar-refractivity contribution in [3.63, 3.8) is 0 Å². The fraction of sp³-hybridized carbons (Fsp3) is 0.500. The van der Waals surface area contributed by atoms with Gasteiger partial charge in [0.05, 0.1) is 0 Å². The molecule has 118 valence electrons. The Morgan fingerprint density at radius 1 is 1.32 bits per heavy atom. The topological polar surface area (TPSA) is 50.4 Å². The van der Waals surface area contributed by atoms with Gasteiger partial charge < -0.3 is 15.4 Å². The van der Waals surface area contributed by atoms with E-state index in [0.29, 0.717) is 6.04 Å². The number of rotatable bonds is 3. The van der Waals surface area contributed by atoms with Gasteiger partial charge in [0.25, 0.3) is 0 Å². The first-order valence-electron chi connectivity index (χ1n) is 7.68. The van der Waals surface area contributed by atoms with E-state index in [1.807, 2.05) is 45.0 Å². The highest BCUT2D eigenvalue weighted by atomic mass is 16.6. The maximum atomic E-state index is 11.8. The quantitative estimate of drug-likeness (QED) is 0.840. The summed E-state index contributed by atoms with van der Waals surface area (Å²) in [6, 6.07) is 8.33. The minimum atomic E-state index is -0.462. The molecule has 1 aliphatic rings. The molecule has 0 radical (unpaired) electrons. The molecule has 1 fully saturated rings. The third kappa shape index (κ3) is 5.00. The van der Waals surface area contributed by atoms with Gasteiger partial charge in [-0.2, -0.15) is 0 Å². The number of hydrogen-bond acceptors (Lipinski definition) is 3. The zero-order valence-corrected chi connectivity index (χ0v) is 13.5. The number of nitrogens with one attached hydrogen (secondary N) is 2. The Kier molecular flexibility index (Phi) is 4.97. The molecule has 2 rings (SSSR count). The lowest BCUT2D eigenvalue weighted by Crippen LogP contribution is -2.38. The summed E-state index contributed by atoms with van der Waals surface area (Å²) in [6.07, 6.45) is 7.93. The van der Waals surface area contributed by atoms with Crippen LogP contribution in [0.2, 0.25) is 0 Å². The molecule has 2 unspecified atom stereocenters. The van der Waals surface area contributed by atoms with Gasteiger partial charge in [-0.1, -0.05) is 12.0 Å². The second kappa shape index (κ2) is 6.74. The van der Waals surface area contributed by atoms with E-state index < -0.39 is 5.60 Å². The summed E-state index contributed by atoms with van der Waals surface area (Å²) < 4.78 is 5.29. The SMILES string of the molecule is C#Cc1cccc(NC2CCC(NC(=O)OC(C)(C)C)C2)c1. The van der Waals surface area contributed by atoms with Crippen LogP contribution >= 0.6 is 0 Å². The van der Waals surface area contributed by atoms with Crippen LogP contribution in [0.25, 0.3) is 0 Å². The van der Waals surface area contributed by atoms with Crippen LogP contribution in [-0.4, -0.2) is 23.8 Å². The zero-order valence-electron chi connectivity index (χ0n) is 13.5. The van der Waals surface area contributed by atoms with E-state index in [4.69, 9.17) is 11.2 Å². The smallest absolute Gasteiger partial charge is 0.407 e. The molecule has 0 heterocycles. The number of terminal acetylenes is 1. The fourth-order valence-electron chi connectivity index (χ4n) is 2.65. The lowest BCUT2D eigenvalue weighted by atomic mass is 10.1. The molecule has 1 amide bonds. The van der Waals surface area contributed by atoms with Crippen LogP contribution in [0.3, 0.4) is 0 Å². The largest absolute Gasteiger partial charge is 0.444 e. The first kappa shape index (κ1) is 16.2. The Morgan fingerprint density at radius 3 is 2.73 bits per heavy atom. The summed E-state index contributed by atoms with van der Waals surface area (Å²) in [5.41, 5.74) is 1.43. The van der Waals surface area contributed by atoms with Gasteiger partial charge in [-0.15, -0.1) is 6.42 Å². The fourth-order valence-corrected chi connectivity index (χ4v) is 2.65. The molecule has 0 aliphatic heterocycles. The Morgan fingerprint density at radius 2 is 2.05 bits per heavy atom. The second-order valence-corrected chi connectivity index (χ2v) is 6.72. The predicted octanol–water partition coefficient (Wildman–Crippen LogP) is 3.53. The zero-order chi connectivity index (χ0) is 16.2. The second-order valence-electron chi connectivity index (χ2n) is 6.72. The lowest BCUT2D eigenvalue weighted by Gasteiger charge is -2.22. The molecule has 22 heavy (non-hydrogen) atoms. The van der Waals surface area contributed by atoms with E-state index in [2.05, 4.69) is 16.6 Å². The number of ether oxygens (including phenoxy) is 1. The number of anilines is 1. The number of carbonyl (C=O) groups excluding carboxylic acids is 1. The summed E-state index contributed by atoms with van der Waals surface area (Å²) >= 11 is 0. The van der Waals surface area contributed by atoms with Crippen molar-refractivity contribution in [1.29, 1.82) is 0 Å². The highest BCUT2D eigenvalue weighted by molar-refractivity contribution is 5.68. The molecular weight excluding hydrogens is 276 g/mol. The van der Waals surface area contributed by atoms with Crippen LogP contribution in [0.5, 0.6) is 0 Å². The molecule has 4 heteroatoms. The molecule has 0 aromatic heterocycles. The van der Waals surface area contributed by atoms with E-state index in [-0.39, 0.29) is 12.1 Å². The molecule has 2 atom stereocenters. The standard InChI is InChI=1S/C18H24N2O2/c1-5-13-7-6-8-14(11-13)19-15-9-10-16(12-15)20-17(21)22-18(2,3)4/h1,6-8,11,15-16,19H,9-10,12H2,2-4H3,(H,20,21). The normalized spacial score (nSPS) is 21.0. The van der Waals surface area contributed by atoms with E-state index in [1.54, 1.807) is 0 Å². The molecule has 1 aromatic carbocycles. The van der Waals surface area contributed by atoms with Gasteiger partial charge in [0, 0.05) is 23.3 Å². The molecular formula is C18H24N2O2. The van der Waals surface area contributed by atoms with Gasteiger partial charge in [-0.3, -0.25) is 0 Å². The molecule has 1 aromatic rings. The first-order chi connectivity index (χ1) is 10.4. The van der Waals surface area contributed by atoms with Crippen molar-refractivity contribution < 1.29 is 9.53 Å². The number of amides is 1. The molecule has 0 spiro atoms. The van der Waals surface area contributed by atoms with Gasteiger partial charge >= 0.3 is 6.09 Å². The minimum Gasteiger partial charge on any atom is -0.444 e. The van der Waals surface area contributed by atoms with Crippen LogP contribution in [0.15, 0.2) is 24.3 Å². The van der Waals surface area contributed by atoms with Crippen molar-refractivity contribution >= 4 is 11.8 Å². The van der Waals surface area contributed by atoms with Crippen LogP contribution in [-0.2, 0) is 4.74 Å². The Balaban J connectivity index is 1.83. The van der Waals surface area contributed by atoms with Crippen molar-refractivity contribution in [2.45, 2.75) is 57.7 Å². The monoisotopic (exact) mass is 300 g/mol. The lowest BCUT2D eigenvalue weighted by molar-refractivity contribution is 0.0505. The van der Waals surface area contributed by atoms with Crippen molar-refractivity contribution in [2.75, 3.05) is 5.32 Å². The molecule has 0 bridgehead atoms. The highest BCUT2D eigenvalue weighted by Crippen LogP contribution is 2.24. The van der Waals surface area contributed by atoms with Crippen LogP contribution in [0.1, 0.15) is 45.6 Å². The molecule has 1 saturated carbocycles. The maximum absolute atomic E-state index is 11.8. The van der Waals surface area contributed by atoms with E-state index >= 15 is 0 Å². The summed E-state index contributed by atoms with van der Waals surface area (Å²) in [5.74, 6) is 2.64. The Hall–Kier alpha value is -2.15. The number of hydrogen-bond donors (Lipinski definition) is 2. The third-order valence-corrected chi connectivity index (χ3v) is 3.55. The number of carbonyl (C=O) groups is 1. The minimum absolute atomic E-state index is 0.156. The van der Waals surface area contributed by atoms with Crippen molar-refractivity contribution in [2.24, 2.45) is 0 Å². The summed E-state index contributed by atoms with van der Waals surface area (Å²) in [7, 11) is 0. The van der Waals surface area contributed by atoms with E-state index in [0.717, 1.165) is 30.5 Å². The first-order valence-corrected chi connectivity index (χ1v) is 7.68. The van der Waals surface area contributed by atoms with Crippen molar-refractivity contribution in [3.05, 3.63) is 29.8 Å². The summed E-state index contributed by atoms with van der Waals surface area (Å²) in [4.78, 5) is 11.8. The molecule has 0 saturated heterocycles. The van der Waals surface area contributed by atoms with Gasteiger partial charge in [0.2, 0.25) is 0 Å². The van der Waals surface area contributed by atoms with Crippen LogP contribution < -0.4 is 10.6 Å². The molecule has 2 N–H and O–H groups in total. The van der Waals surface area contributed by atoms with Crippen molar-refractivity contribution in [3.8, 4) is 12.3 Å². The number of benzene rings is 1. The van der Waals surface area contributed by atoms with Gasteiger partial charge in [0.15, 0.2) is 0 Å². The average molecular weight is 300 g/mol. The van der Waals surface area contributed by atoms with E-state index in [1.165, 1.54) is 0 Å². The Bertz CT molecular complexity index is 569.